The van der Waals surface area contributed by atoms with Gasteiger partial charge < -0.3 is 9.64 Å². The summed E-state index contributed by atoms with van der Waals surface area (Å²) in [4.78, 5) is 13.0. The number of hydrogen-bond donors (Lipinski definition) is 0. The number of amides is 1. The van der Waals surface area contributed by atoms with E-state index in [4.69, 9.17) is 4.74 Å². The molecule has 1 heterocycles. The van der Waals surface area contributed by atoms with E-state index in [2.05, 4.69) is 15.9 Å². The molecule has 0 N–H and O–H groups in total. The van der Waals surface area contributed by atoms with Gasteiger partial charge >= 0.3 is 0 Å². The number of morpholine rings is 1. The number of alkyl halides is 1. The minimum atomic E-state index is 0.0201. The van der Waals surface area contributed by atoms with Crippen molar-refractivity contribution in [2.45, 2.75) is 18.4 Å². The molecule has 0 spiro atoms. The lowest BCUT2D eigenvalue weighted by Gasteiger charge is -2.29. The van der Waals surface area contributed by atoms with Crippen molar-refractivity contribution in [1.29, 1.82) is 0 Å². The average molecular weight is 222 g/mol. The molecule has 0 aromatic heterocycles. The van der Waals surface area contributed by atoms with Gasteiger partial charge in [0.25, 0.3) is 0 Å². The zero-order chi connectivity index (χ0) is 8.27. The summed E-state index contributed by atoms with van der Waals surface area (Å²) in [6.45, 7) is 3.92. The average Bonchev–Trinajstić information content (AvgIpc) is 2.03. The van der Waals surface area contributed by atoms with Gasteiger partial charge in [0.15, 0.2) is 0 Å². The minimum absolute atomic E-state index is 0.0201. The Bertz CT molecular complexity index is 151. The van der Waals surface area contributed by atoms with Crippen LogP contribution in [0.25, 0.3) is 0 Å². The summed E-state index contributed by atoms with van der Waals surface area (Å²) in [7, 11) is 0. The Kier molecular flexibility index (Phi) is 3.33. The minimum Gasteiger partial charge on any atom is -0.363 e. The number of nitrogens with zero attached hydrogens (tertiary/aromatic N) is 1. The van der Waals surface area contributed by atoms with Gasteiger partial charge in [-0.05, 0) is 0 Å². The van der Waals surface area contributed by atoms with Crippen molar-refractivity contribution in [1.82, 2.24) is 4.90 Å². The maximum atomic E-state index is 11.2. The molecular formula is C7H12BrNO2. The van der Waals surface area contributed by atoms with Crippen molar-refractivity contribution in [2.75, 3.05) is 19.7 Å². The molecule has 4 heteroatoms. The Balaban J connectivity index is 2.39. The summed E-state index contributed by atoms with van der Waals surface area (Å²) in [5, 5.41) is 0.0201. The van der Waals surface area contributed by atoms with E-state index in [0.717, 1.165) is 6.54 Å². The van der Waals surface area contributed by atoms with Crippen LogP contribution >= 0.6 is 15.9 Å². The molecule has 0 aliphatic carbocycles. The van der Waals surface area contributed by atoms with Crippen molar-refractivity contribution in [3.8, 4) is 0 Å². The summed E-state index contributed by atoms with van der Waals surface area (Å²) >= 11 is 3.31. The van der Waals surface area contributed by atoms with Crippen LogP contribution in [0.2, 0.25) is 0 Å². The molecule has 0 radical (unpaired) electrons. The summed E-state index contributed by atoms with van der Waals surface area (Å²) in [6.07, 6.45) is 0.583. The fraction of sp³-hybridized carbons (Fsp3) is 0.857. The lowest BCUT2D eigenvalue weighted by Crippen LogP contribution is -2.43. The van der Waals surface area contributed by atoms with Crippen LogP contribution in [0.3, 0.4) is 0 Å². The first-order valence-corrected chi connectivity index (χ1v) is 4.69. The predicted octanol–water partition coefficient (Wildman–Crippen LogP) is 0.976. The number of rotatable bonds is 1. The number of carbonyl (C=O) groups is 1. The molecule has 1 fully saturated rings. The number of halogens is 1. The molecule has 3 nitrogen and oxygen atoms in total. The quantitative estimate of drug-likeness (QED) is 0.619. The van der Waals surface area contributed by atoms with E-state index in [-0.39, 0.29) is 10.9 Å². The third-order valence-corrected chi connectivity index (χ3v) is 2.23. The second kappa shape index (κ2) is 4.07. The molecule has 0 bridgehead atoms. The highest BCUT2D eigenvalue weighted by Crippen LogP contribution is 2.10. The second-order valence-corrected chi connectivity index (χ2v) is 3.50. The van der Waals surface area contributed by atoms with Gasteiger partial charge in [0.1, 0.15) is 5.01 Å². The Morgan fingerprint density at radius 1 is 1.82 bits per heavy atom. The van der Waals surface area contributed by atoms with Crippen LogP contribution in [-0.4, -0.2) is 35.5 Å². The number of carbonyl (C=O) groups excluding carboxylic acids is 1. The van der Waals surface area contributed by atoms with Crippen molar-refractivity contribution < 1.29 is 9.53 Å². The standard InChI is InChI=1S/C7H12BrNO2/c1-2-7(10)9-3-4-11-6(8)5-9/h6H,2-5H2,1H3. The van der Waals surface area contributed by atoms with Gasteiger partial charge in [-0.15, -0.1) is 0 Å². The van der Waals surface area contributed by atoms with Gasteiger partial charge in [-0.1, -0.05) is 22.9 Å². The van der Waals surface area contributed by atoms with Crippen LogP contribution in [0, 0.1) is 0 Å². The zero-order valence-corrected chi connectivity index (χ0v) is 8.13. The van der Waals surface area contributed by atoms with Crippen molar-refractivity contribution in [2.24, 2.45) is 0 Å². The van der Waals surface area contributed by atoms with E-state index in [1.165, 1.54) is 0 Å². The summed E-state index contributed by atoms with van der Waals surface area (Å²) in [5.41, 5.74) is 0. The van der Waals surface area contributed by atoms with E-state index >= 15 is 0 Å². The topological polar surface area (TPSA) is 29.5 Å². The first kappa shape index (κ1) is 9.00. The molecule has 1 rings (SSSR count). The summed E-state index contributed by atoms with van der Waals surface area (Å²) < 4.78 is 5.23. The van der Waals surface area contributed by atoms with Gasteiger partial charge in [-0.25, -0.2) is 0 Å². The molecular weight excluding hydrogens is 210 g/mol. The third kappa shape index (κ3) is 2.45. The second-order valence-electron chi connectivity index (χ2n) is 2.47. The fourth-order valence-corrected chi connectivity index (χ4v) is 1.59. The molecule has 64 valence electrons. The Morgan fingerprint density at radius 3 is 3.09 bits per heavy atom. The van der Waals surface area contributed by atoms with Crippen LogP contribution < -0.4 is 0 Å². The van der Waals surface area contributed by atoms with E-state index < -0.39 is 0 Å². The van der Waals surface area contributed by atoms with E-state index in [9.17, 15) is 4.79 Å². The third-order valence-electron chi connectivity index (χ3n) is 1.68. The van der Waals surface area contributed by atoms with Crippen molar-refractivity contribution >= 4 is 21.8 Å². The van der Waals surface area contributed by atoms with E-state index in [1.807, 2.05) is 11.8 Å². The van der Waals surface area contributed by atoms with Gasteiger partial charge in [0.2, 0.25) is 5.91 Å². The van der Waals surface area contributed by atoms with Gasteiger partial charge in [-0.2, -0.15) is 0 Å². The van der Waals surface area contributed by atoms with Crippen molar-refractivity contribution in [3.63, 3.8) is 0 Å². The Morgan fingerprint density at radius 2 is 2.55 bits per heavy atom. The molecule has 0 aromatic rings. The lowest BCUT2D eigenvalue weighted by molar-refractivity contribution is -0.135. The largest absolute Gasteiger partial charge is 0.363 e. The van der Waals surface area contributed by atoms with Crippen LogP contribution in [0.5, 0.6) is 0 Å². The molecule has 1 unspecified atom stereocenters. The number of hydrogen-bond acceptors (Lipinski definition) is 2. The van der Waals surface area contributed by atoms with Gasteiger partial charge in [-0.3, -0.25) is 4.79 Å². The molecule has 1 atom stereocenters. The van der Waals surface area contributed by atoms with E-state index in [0.29, 0.717) is 19.6 Å². The fourth-order valence-electron chi connectivity index (χ4n) is 1.06. The highest BCUT2D eigenvalue weighted by atomic mass is 79.9. The Hall–Kier alpha value is -0.0900. The molecule has 11 heavy (non-hydrogen) atoms. The predicted molar refractivity (Wildman–Crippen MR) is 45.5 cm³/mol. The molecule has 1 aliphatic heterocycles. The lowest BCUT2D eigenvalue weighted by atomic mass is 10.3. The number of ether oxygens (including phenoxy) is 1. The molecule has 1 amide bonds. The van der Waals surface area contributed by atoms with Crippen LogP contribution in [-0.2, 0) is 9.53 Å². The summed E-state index contributed by atoms with van der Waals surface area (Å²) in [6, 6.07) is 0. The first-order valence-electron chi connectivity index (χ1n) is 3.77. The maximum Gasteiger partial charge on any atom is 0.222 e. The maximum absolute atomic E-state index is 11.2. The van der Waals surface area contributed by atoms with Crippen LogP contribution in [0.1, 0.15) is 13.3 Å². The van der Waals surface area contributed by atoms with E-state index in [1.54, 1.807) is 0 Å². The SMILES string of the molecule is CCC(=O)N1CCOC(Br)C1. The van der Waals surface area contributed by atoms with Gasteiger partial charge in [0.05, 0.1) is 13.2 Å². The molecule has 1 saturated heterocycles. The smallest absolute Gasteiger partial charge is 0.222 e. The highest BCUT2D eigenvalue weighted by Gasteiger charge is 2.20. The molecule has 0 saturated carbocycles. The molecule has 0 aromatic carbocycles. The summed E-state index contributed by atoms with van der Waals surface area (Å²) in [5.74, 6) is 0.206. The highest BCUT2D eigenvalue weighted by molar-refractivity contribution is 9.09. The monoisotopic (exact) mass is 221 g/mol. The first-order chi connectivity index (χ1) is 5.24. The zero-order valence-electron chi connectivity index (χ0n) is 6.55. The van der Waals surface area contributed by atoms with Crippen molar-refractivity contribution in [3.05, 3.63) is 0 Å². The normalized spacial score (nSPS) is 25.3. The molecule has 1 aliphatic rings. The van der Waals surface area contributed by atoms with Crippen LogP contribution in [0.4, 0.5) is 0 Å². The Labute approximate surface area is 74.8 Å². The van der Waals surface area contributed by atoms with Gasteiger partial charge in [0, 0.05) is 13.0 Å². The van der Waals surface area contributed by atoms with Crippen LogP contribution in [0.15, 0.2) is 0 Å².